The fraction of sp³-hybridized carbons (Fsp3) is 0.562. The van der Waals surface area contributed by atoms with Crippen LogP contribution in [0, 0.1) is 12.8 Å². The van der Waals surface area contributed by atoms with Crippen LogP contribution < -0.4 is 4.74 Å². The number of hydrogen-bond acceptors (Lipinski definition) is 2. The summed E-state index contributed by atoms with van der Waals surface area (Å²) in [6, 6.07) is 5.67. The van der Waals surface area contributed by atoms with Crippen LogP contribution >= 0.6 is 0 Å². The molecule has 1 atom stereocenters. The first kappa shape index (κ1) is 15.5. The molecular formula is C16H24O3. The first-order valence-corrected chi connectivity index (χ1v) is 6.81. The van der Waals surface area contributed by atoms with Crippen molar-refractivity contribution in [2.45, 2.75) is 53.1 Å². The van der Waals surface area contributed by atoms with Gasteiger partial charge in [0, 0.05) is 0 Å². The molecule has 1 aromatic rings. The minimum absolute atomic E-state index is 0.121. The van der Waals surface area contributed by atoms with E-state index >= 15 is 0 Å². The fourth-order valence-corrected chi connectivity index (χ4v) is 2.13. The van der Waals surface area contributed by atoms with E-state index in [9.17, 15) is 9.90 Å². The Balaban J connectivity index is 2.99. The van der Waals surface area contributed by atoms with Crippen LogP contribution in [0.1, 0.15) is 51.2 Å². The quantitative estimate of drug-likeness (QED) is 0.844. The average molecular weight is 264 g/mol. The molecule has 0 aliphatic rings. The van der Waals surface area contributed by atoms with E-state index in [4.69, 9.17) is 4.74 Å². The second kappa shape index (κ2) is 6.60. The van der Waals surface area contributed by atoms with Crippen molar-refractivity contribution in [3.05, 3.63) is 29.3 Å². The highest BCUT2D eigenvalue weighted by Crippen LogP contribution is 2.28. The lowest BCUT2D eigenvalue weighted by molar-refractivity contribution is -0.139. The van der Waals surface area contributed by atoms with Gasteiger partial charge >= 0.3 is 5.97 Å². The van der Waals surface area contributed by atoms with Crippen molar-refractivity contribution in [3.8, 4) is 5.75 Å². The first-order valence-electron chi connectivity index (χ1n) is 6.81. The van der Waals surface area contributed by atoms with Gasteiger partial charge in [-0.1, -0.05) is 26.0 Å². The van der Waals surface area contributed by atoms with Crippen molar-refractivity contribution >= 4 is 5.97 Å². The molecule has 1 aromatic carbocycles. The molecule has 0 amide bonds. The number of carbonyl (C=O) groups is 1. The highest BCUT2D eigenvalue weighted by molar-refractivity contribution is 5.76. The molecule has 0 radical (unpaired) electrons. The standard InChI is InChI=1S/C16H24O3/c1-10(2)8-14(16(17)18)13-6-7-15(12(5)9-13)19-11(3)4/h6-7,9-11,14H,8H2,1-5H3,(H,17,18). The maximum atomic E-state index is 11.4. The van der Waals surface area contributed by atoms with Crippen LogP contribution in [0.25, 0.3) is 0 Å². The van der Waals surface area contributed by atoms with Gasteiger partial charge < -0.3 is 9.84 Å². The molecule has 1 N–H and O–H groups in total. The van der Waals surface area contributed by atoms with Crippen molar-refractivity contribution in [2.24, 2.45) is 5.92 Å². The van der Waals surface area contributed by atoms with E-state index in [1.54, 1.807) is 0 Å². The second-order valence-electron chi connectivity index (χ2n) is 5.71. The van der Waals surface area contributed by atoms with Crippen LogP contribution in [0.15, 0.2) is 18.2 Å². The first-order chi connectivity index (χ1) is 8.81. The number of aliphatic carboxylic acids is 1. The molecule has 0 saturated heterocycles. The van der Waals surface area contributed by atoms with Crippen molar-refractivity contribution in [1.29, 1.82) is 0 Å². The zero-order chi connectivity index (χ0) is 14.6. The van der Waals surface area contributed by atoms with Gasteiger partial charge in [-0.25, -0.2) is 0 Å². The van der Waals surface area contributed by atoms with Crippen LogP contribution in [-0.2, 0) is 4.79 Å². The summed E-state index contributed by atoms with van der Waals surface area (Å²) in [5.41, 5.74) is 1.84. The van der Waals surface area contributed by atoms with Crippen molar-refractivity contribution in [2.75, 3.05) is 0 Å². The SMILES string of the molecule is Cc1cc(C(CC(C)C)C(=O)O)ccc1OC(C)C. The van der Waals surface area contributed by atoms with Gasteiger partial charge in [0.05, 0.1) is 12.0 Å². The molecule has 0 fully saturated rings. The second-order valence-corrected chi connectivity index (χ2v) is 5.71. The summed E-state index contributed by atoms with van der Waals surface area (Å²) < 4.78 is 5.67. The third-order valence-corrected chi connectivity index (χ3v) is 2.97. The maximum absolute atomic E-state index is 11.4. The lowest BCUT2D eigenvalue weighted by atomic mass is 9.89. The van der Waals surface area contributed by atoms with E-state index in [0.29, 0.717) is 12.3 Å². The van der Waals surface area contributed by atoms with Gasteiger partial charge in [0.2, 0.25) is 0 Å². The Morgan fingerprint density at radius 1 is 1.26 bits per heavy atom. The molecule has 3 heteroatoms. The maximum Gasteiger partial charge on any atom is 0.310 e. The van der Waals surface area contributed by atoms with Crippen molar-refractivity contribution in [3.63, 3.8) is 0 Å². The molecule has 0 saturated carbocycles. The van der Waals surface area contributed by atoms with Gasteiger partial charge in [-0.3, -0.25) is 4.79 Å². The minimum atomic E-state index is -0.759. The largest absolute Gasteiger partial charge is 0.491 e. The number of aryl methyl sites for hydroxylation is 1. The van der Waals surface area contributed by atoms with E-state index in [0.717, 1.165) is 16.9 Å². The number of hydrogen-bond donors (Lipinski definition) is 1. The zero-order valence-corrected chi connectivity index (χ0v) is 12.4. The van der Waals surface area contributed by atoms with Crippen LogP contribution in [0.3, 0.4) is 0 Å². The van der Waals surface area contributed by atoms with Crippen LogP contribution in [0.5, 0.6) is 5.75 Å². The Bertz CT molecular complexity index is 436. The highest BCUT2D eigenvalue weighted by Gasteiger charge is 2.21. The fourth-order valence-electron chi connectivity index (χ4n) is 2.13. The predicted octanol–water partition coefficient (Wildman–Crippen LogP) is 4.00. The van der Waals surface area contributed by atoms with E-state index in [1.807, 2.05) is 52.8 Å². The highest BCUT2D eigenvalue weighted by atomic mass is 16.5. The summed E-state index contributed by atoms with van der Waals surface area (Å²) in [4.78, 5) is 11.4. The van der Waals surface area contributed by atoms with Crippen LogP contribution in [0.4, 0.5) is 0 Å². The molecule has 0 aromatic heterocycles. The monoisotopic (exact) mass is 264 g/mol. The summed E-state index contributed by atoms with van der Waals surface area (Å²) in [5, 5.41) is 9.35. The van der Waals surface area contributed by atoms with E-state index in [-0.39, 0.29) is 6.10 Å². The lowest BCUT2D eigenvalue weighted by Gasteiger charge is -2.18. The molecule has 1 rings (SSSR count). The zero-order valence-electron chi connectivity index (χ0n) is 12.4. The summed E-state index contributed by atoms with van der Waals surface area (Å²) in [5.74, 6) is -0.0159. The Kier molecular flexibility index (Phi) is 5.40. The van der Waals surface area contributed by atoms with E-state index < -0.39 is 11.9 Å². The molecule has 0 heterocycles. The third-order valence-electron chi connectivity index (χ3n) is 2.97. The van der Waals surface area contributed by atoms with E-state index in [2.05, 4.69) is 0 Å². The van der Waals surface area contributed by atoms with Crippen LogP contribution in [-0.4, -0.2) is 17.2 Å². The minimum Gasteiger partial charge on any atom is -0.491 e. The van der Waals surface area contributed by atoms with Crippen molar-refractivity contribution < 1.29 is 14.6 Å². The number of carboxylic acid groups (broad SMARTS) is 1. The van der Waals surface area contributed by atoms with E-state index in [1.165, 1.54) is 0 Å². The molecule has 0 bridgehead atoms. The van der Waals surface area contributed by atoms with Crippen LogP contribution in [0.2, 0.25) is 0 Å². The number of carboxylic acids is 1. The Morgan fingerprint density at radius 2 is 1.89 bits per heavy atom. The molecule has 3 nitrogen and oxygen atoms in total. The van der Waals surface area contributed by atoms with Gasteiger partial charge in [-0.2, -0.15) is 0 Å². The Labute approximate surface area is 115 Å². The van der Waals surface area contributed by atoms with Gasteiger partial charge in [0.25, 0.3) is 0 Å². The number of rotatable bonds is 6. The number of benzene rings is 1. The number of ether oxygens (including phenoxy) is 1. The Hall–Kier alpha value is -1.51. The summed E-state index contributed by atoms with van der Waals surface area (Å²) in [6.45, 7) is 9.99. The third kappa shape index (κ3) is 4.58. The smallest absolute Gasteiger partial charge is 0.310 e. The summed E-state index contributed by atoms with van der Waals surface area (Å²) in [6.07, 6.45) is 0.773. The van der Waals surface area contributed by atoms with Gasteiger partial charge in [-0.05, 0) is 50.3 Å². The molecule has 0 aliphatic carbocycles. The van der Waals surface area contributed by atoms with Gasteiger partial charge in [0.1, 0.15) is 5.75 Å². The summed E-state index contributed by atoms with van der Waals surface area (Å²) in [7, 11) is 0. The van der Waals surface area contributed by atoms with Gasteiger partial charge in [0.15, 0.2) is 0 Å². The van der Waals surface area contributed by atoms with Crippen molar-refractivity contribution in [1.82, 2.24) is 0 Å². The predicted molar refractivity (Wildman–Crippen MR) is 76.8 cm³/mol. The molecule has 19 heavy (non-hydrogen) atoms. The lowest BCUT2D eigenvalue weighted by Crippen LogP contribution is -2.14. The Morgan fingerprint density at radius 3 is 2.32 bits per heavy atom. The topological polar surface area (TPSA) is 46.5 Å². The molecule has 0 spiro atoms. The molecule has 1 unspecified atom stereocenters. The summed E-state index contributed by atoms with van der Waals surface area (Å²) >= 11 is 0. The molecule has 0 aliphatic heterocycles. The normalized spacial score (nSPS) is 12.8. The average Bonchev–Trinajstić information content (AvgIpc) is 2.27. The molecular weight excluding hydrogens is 240 g/mol. The van der Waals surface area contributed by atoms with Gasteiger partial charge in [-0.15, -0.1) is 0 Å². The molecule has 106 valence electrons.